The van der Waals surface area contributed by atoms with Crippen LogP contribution in [-0.4, -0.2) is 11.7 Å². The Hall–Kier alpha value is -0.300. The van der Waals surface area contributed by atoms with E-state index in [1.807, 2.05) is 0 Å². The molecule has 0 heterocycles. The van der Waals surface area contributed by atoms with Crippen LogP contribution >= 0.6 is 0 Å². The first-order valence-electron chi connectivity index (χ1n) is 3.60. The van der Waals surface area contributed by atoms with Crippen LogP contribution in [0.15, 0.2) is 12.2 Å². The Morgan fingerprint density at radius 3 is 2.89 bits per heavy atom. The fourth-order valence-corrected chi connectivity index (χ4v) is 1.33. The molecule has 0 fully saturated rings. The molecule has 0 aromatic rings. The van der Waals surface area contributed by atoms with Gasteiger partial charge in [-0.2, -0.15) is 0 Å². The molecule has 1 rings (SSSR count). The molecule has 0 saturated heterocycles. The second-order valence-corrected chi connectivity index (χ2v) is 2.95. The Morgan fingerprint density at radius 2 is 2.44 bits per heavy atom. The van der Waals surface area contributed by atoms with Crippen molar-refractivity contribution < 1.29 is 5.11 Å². The first kappa shape index (κ1) is 6.81. The first-order chi connectivity index (χ1) is 4.33. The minimum Gasteiger partial charge on any atom is -0.396 e. The van der Waals surface area contributed by atoms with Crippen LogP contribution in [0.2, 0.25) is 0 Å². The van der Waals surface area contributed by atoms with E-state index in [1.165, 1.54) is 6.42 Å². The molecule has 0 aromatic carbocycles. The maximum Gasteiger partial charge on any atom is 0.0493 e. The van der Waals surface area contributed by atoms with E-state index in [1.54, 1.807) is 0 Å². The lowest BCUT2D eigenvalue weighted by Gasteiger charge is -2.18. The van der Waals surface area contributed by atoms with Gasteiger partial charge >= 0.3 is 0 Å². The zero-order chi connectivity index (χ0) is 6.69. The van der Waals surface area contributed by atoms with E-state index in [2.05, 4.69) is 19.1 Å². The summed E-state index contributed by atoms with van der Waals surface area (Å²) in [5.41, 5.74) is 0. The molecular weight excluding hydrogens is 112 g/mol. The number of hydrogen-bond acceptors (Lipinski definition) is 1. The molecule has 1 heteroatoms. The molecule has 0 saturated carbocycles. The van der Waals surface area contributed by atoms with Crippen LogP contribution in [0.1, 0.15) is 19.8 Å². The quantitative estimate of drug-likeness (QED) is 0.529. The molecule has 0 aromatic heterocycles. The van der Waals surface area contributed by atoms with Crippen LogP contribution in [0, 0.1) is 11.8 Å². The van der Waals surface area contributed by atoms with Gasteiger partial charge in [0, 0.05) is 12.5 Å². The molecule has 1 unspecified atom stereocenters. The van der Waals surface area contributed by atoms with Gasteiger partial charge in [0.15, 0.2) is 0 Å². The van der Waals surface area contributed by atoms with Crippen LogP contribution in [0.4, 0.5) is 0 Å². The largest absolute Gasteiger partial charge is 0.396 e. The van der Waals surface area contributed by atoms with Crippen molar-refractivity contribution in [1.82, 2.24) is 0 Å². The lowest BCUT2D eigenvalue weighted by molar-refractivity contribution is 0.227. The molecule has 52 valence electrons. The maximum atomic E-state index is 8.76. The van der Waals surface area contributed by atoms with E-state index in [4.69, 9.17) is 5.11 Å². The molecule has 1 aliphatic rings. The lowest BCUT2D eigenvalue weighted by atomic mass is 9.89. The van der Waals surface area contributed by atoms with Crippen molar-refractivity contribution in [3.05, 3.63) is 12.2 Å². The molecular formula is C8H14O. The van der Waals surface area contributed by atoms with Crippen molar-refractivity contribution in [2.45, 2.75) is 19.8 Å². The van der Waals surface area contributed by atoms with Gasteiger partial charge in [0.25, 0.3) is 0 Å². The number of aliphatic hydroxyl groups excluding tert-OH is 1. The van der Waals surface area contributed by atoms with Crippen LogP contribution in [-0.2, 0) is 0 Å². The van der Waals surface area contributed by atoms with Gasteiger partial charge in [-0.05, 0) is 18.8 Å². The summed E-state index contributed by atoms with van der Waals surface area (Å²) in [4.78, 5) is 0. The zero-order valence-electron chi connectivity index (χ0n) is 5.88. The third-order valence-corrected chi connectivity index (χ3v) is 1.89. The van der Waals surface area contributed by atoms with Gasteiger partial charge in [-0.1, -0.05) is 19.1 Å². The van der Waals surface area contributed by atoms with Crippen molar-refractivity contribution >= 4 is 0 Å². The third-order valence-electron chi connectivity index (χ3n) is 1.89. The van der Waals surface area contributed by atoms with Crippen molar-refractivity contribution in [3.8, 4) is 0 Å². The molecule has 0 amide bonds. The summed E-state index contributed by atoms with van der Waals surface area (Å²) in [7, 11) is 0. The minimum atomic E-state index is 0.320. The van der Waals surface area contributed by atoms with Crippen molar-refractivity contribution in [3.63, 3.8) is 0 Å². The second-order valence-electron chi connectivity index (χ2n) is 2.95. The van der Waals surface area contributed by atoms with Gasteiger partial charge in [-0.15, -0.1) is 0 Å². The van der Waals surface area contributed by atoms with Gasteiger partial charge in [-0.3, -0.25) is 0 Å². The standard InChI is InChI=1S/C8H14O/c1-7-3-2-4-8(5-7)6-9/h2,4,7-9H,3,5-6H2,1H3/t7-,8?/m0/s1. The van der Waals surface area contributed by atoms with E-state index in [9.17, 15) is 0 Å². The predicted octanol–water partition coefficient (Wildman–Crippen LogP) is 1.58. The molecule has 1 N–H and O–H groups in total. The number of aliphatic hydroxyl groups is 1. The van der Waals surface area contributed by atoms with Crippen LogP contribution in [0.3, 0.4) is 0 Å². The SMILES string of the molecule is C[C@H]1CC=CC(CO)C1. The highest BCUT2D eigenvalue weighted by molar-refractivity contribution is 4.94. The lowest BCUT2D eigenvalue weighted by Crippen LogP contribution is -2.11. The summed E-state index contributed by atoms with van der Waals surface area (Å²) >= 11 is 0. The Labute approximate surface area is 56.4 Å². The van der Waals surface area contributed by atoms with E-state index < -0.39 is 0 Å². The summed E-state index contributed by atoms with van der Waals surface area (Å²) in [6.07, 6.45) is 6.65. The van der Waals surface area contributed by atoms with Gasteiger partial charge in [0.1, 0.15) is 0 Å². The Balaban J connectivity index is 2.39. The summed E-state index contributed by atoms with van der Waals surface area (Å²) in [6.45, 7) is 2.55. The van der Waals surface area contributed by atoms with E-state index in [-0.39, 0.29) is 0 Å². The Morgan fingerprint density at radius 1 is 1.67 bits per heavy atom. The highest BCUT2D eigenvalue weighted by atomic mass is 16.3. The number of rotatable bonds is 1. The average Bonchev–Trinajstić information content (AvgIpc) is 1.88. The average molecular weight is 126 g/mol. The zero-order valence-corrected chi connectivity index (χ0v) is 5.88. The highest BCUT2D eigenvalue weighted by Gasteiger charge is 2.12. The normalized spacial score (nSPS) is 34.9. The molecule has 9 heavy (non-hydrogen) atoms. The van der Waals surface area contributed by atoms with E-state index in [0.717, 1.165) is 12.3 Å². The number of allylic oxidation sites excluding steroid dienone is 1. The molecule has 0 bridgehead atoms. The summed E-state index contributed by atoms with van der Waals surface area (Å²) in [5, 5.41) is 8.76. The smallest absolute Gasteiger partial charge is 0.0493 e. The van der Waals surface area contributed by atoms with Crippen LogP contribution < -0.4 is 0 Å². The molecule has 0 spiro atoms. The van der Waals surface area contributed by atoms with E-state index >= 15 is 0 Å². The van der Waals surface area contributed by atoms with Gasteiger partial charge in [0.05, 0.1) is 0 Å². The van der Waals surface area contributed by atoms with Gasteiger partial charge in [0.2, 0.25) is 0 Å². The minimum absolute atomic E-state index is 0.320. The van der Waals surface area contributed by atoms with Crippen LogP contribution in [0.5, 0.6) is 0 Å². The molecule has 0 radical (unpaired) electrons. The van der Waals surface area contributed by atoms with Gasteiger partial charge in [-0.25, -0.2) is 0 Å². The van der Waals surface area contributed by atoms with E-state index in [0.29, 0.717) is 12.5 Å². The topological polar surface area (TPSA) is 20.2 Å². The fourth-order valence-electron chi connectivity index (χ4n) is 1.33. The third kappa shape index (κ3) is 1.83. The van der Waals surface area contributed by atoms with Crippen molar-refractivity contribution in [2.24, 2.45) is 11.8 Å². The van der Waals surface area contributed by atoms with Crippen molar-refractivity contribution in [2.75, 3.05) is 6.61 Å². The summed E-state index contributed by atoms with van der Waals surface area (Å²) in [5.74, 6) is 1.21. The molecule has 2 atom stereocenters. The number of hydrogen-bond donors (Lipinski definition) is 1. The monoisotopic (exact) mass is 126 g/mol. The molecule has 1 nitrogen and oxygen atoms in total. The molecule has 1 aliphatic carbocycles. The summed E-state index contributed by atoms with van der Waals surface area (Å²) < 4.78 is 0. The maximum absolute atomic E-state index is 8.76. The molecule has 0 aliphatic heterocycles. The first-order valence-corrected chi connectivity index (χ1v) is 3.60. The van der Waals surface area contributed by atoms with Crippen molar-refractivity contribution in [1.29, 1.82) is 0 Å². The highest BCUT2D eigenvalue weighted by Crippen LogP contribution is 2.21. The fraction of sp³-hybridized carbons (Fsp3) is 0.750. The Kier molecular flexibility index (Phi) is 2.29. The summed E-state index contributed by atoms with van der Waals surface area (Å²) in [6, 6.07) is 0. The Bertz CT molecular complexity index is 107. The van der Waals surface area contributed by atoms with Gasteiger partial charge < -0.3 is 5.11 Å². The predicted molar refractivity (Wildman–Crippen MR) is 38.1 cm³/mol. The van der Waals surface area contributed by atoms with Crippen LogP contribution in [0.25, 0.3) is 0 Å². The second kappa shape index (κ2) is 3.02.